The molecule has 0 saturated carbocycles. The molecular formula is C12H21NO7P2S. The van der Waals surface area contributed by atoms with Crippen molar-refractivity contribution in [1.29, 1.82) is 0 Å². The van der Waals surface area contributed by atoms with Crippen LogP contribution in [0.1, 0.15) is 6.92 Å². The Balaban J connectivity index is 2.79. The number of thioether (sulfide) groups is 1. The summed E-state index contributed by atoms with van der Waals surface area (Å²) >= 11 is 1.48. The summed E-state index contributed by atoms with van der Waals surface area (Å²) in [5.41, 5.74) is 0. The molecule has 0 aliphatic carbocycles. The Kier molecular flexibility index (Phi) is 7.05. The minimum absolute atomic E-state index is 0.267. The number of benzene rings is 1. The van der Waals surface area contributed by atoms with Gasteiger partial charge in [-0.3, -0.25) is 14.0 Å². The fourth-order valence-electron chi connectivity index (χ4n) is 1.97. The molecule has 0 bridgehead atoms. The van der Waals surface area contributed by atoms with E-state index >= 15 is 0 Å². The first-order chi connectivity index (χ1) is 10.4. The summed E-state index contributed by atoms with van der Waals surface area (Å²) in [4.78, 5) is 39.2. The van der Waals surface area contributed by atoms with Crippen molar-refractivity contribution in [2.24, 2.45) is 0 Å². The molecule has 1 atom stereocenters. The zero-order chi connectivity index (χ0) is 17.9. The van der Waals surface area contributed by atoms with Gasteiger partial charge >= 0.3 is 15.2 Å². The number of nitrogens with zero attached hydrogens (tertiary/aromatic N) is 1. The van der Waals surface area contributed by atoms with E-state index in [1.807, 2.05) is 30.3 Å². The number of rotatable bonds is 8. The summed E-state index contributed by atoms with van der Waals surface area (Å²) in [6.07, 6.45) is 0. The molecule has 0 aliphatic heterocycles. The van der Waals surface area contributed by atoms with Crippen molar-refractivity contribution >= 4 is 27.0 Å². The van der Waals surface area contributed by atoms with E-state index in [4.69, 9.17) is 0 Å². The molecule has 0 fully saturated rings. The second kappa shape index (κ2) is 7.78. The van der Waals surface area contributed by atoms with Crippen molar-refractivity contribution in [3.05, 3.63) is 30.3 Å². The molecule has 0 saturated heterocycles. The van der Waals surface area contributed by atoms with Crippen molar-refractivity contribution in [3.8, 4) is 0 Å². The molecule has 0 radical (unpaired) electrons. The van der Waals surface area contributed by atoms with Crippen LogP contribution in [0.25, 0.3) is 0 Å². The first-order valence-electron chi connectivity index (χ1n) is 6.63. The van der Waals surface area contributed by atoms with Crippen LogP contribution in [0.4, 0.5) is 0 Å². The number of hydrogen-bond acceptors (Lipinski definition) is 5. The molecule has 1 aromatic carbocycles. The first-order valence-corrected chi connectivity index (χ1v) is 10.8. The molecule has 23 heavy (non-hydrogen) atoms. The van der Waals surface area contributed by atoms with E-state index in [9.17, 15) is 33.8 Å². The lowest BCUT2D eigenvalue weighted by atomic mass is 10.3. The molecule has 0 aromatic heterocycles. The number of aliphatic hydroxyl groups is 1. The van der Waals surface area contributed by atoms with Gasteiger partial charge in [0, 0.05) is 17.2 Å². The smallest absolute Gasteiger partial charge is 0.366 e. The molecular weight excluding hydrogens is 364 g/mol. The first kappa shape index (κ1) is 20.8. The van der Waals surface area contributed by atoms with Gasteiger partial charge in [-0.05, 0) is 26.1 Å². The van der Waals surface area contributed by atoms with Crippen LogP contribution in [0.3, 0.4) is 0 Å². The van der Waals surface area contributed by atoms with Gasteiger partial charge in [0.05, 0.1) is 6.04 Å². The largest absolute Gasteiger partial charge is 0.371 e. The van der Waals surface area contributed by atoms with Crippen molar-refractivity contribution in [2.75, 3.05) is 19.3 Å². The predicted octanol–water partition coefficient (Wildman–Crippen LogP) is 1.10. The molecule has 0 heterocycles. The third kappa shape index (κ3) is 4.89. The van der Waals surface area contributed by atoms with Gasteiger partial charge in [-0.25, -0.2) is 0 Å². The van der Waals surface area contributed by atoms with Gasteiger partial charge < -0.3 is 24.7 Å². The molecule has 0 aliphatic rings. The van der Waals surface area contributed by atoms with Gasteiger partial charge in [0.15, 0.2) is 0 Å². The highest BCUT2D eigenvalue weighted by Crippen LogP contribution is 2.69. The molecule has 132 valence electrons. The summed E-state index contributed by atoms with van der Waals surface area (Å²) in [6.45, 7) is 1.44. The molecule has 1 rings (SSSR count). The standard InChI is InChI=1S/C12H21NO7P2S/c1-10(12(14,21(15,16)17)22(18,19)20)13(2)8-9-23-11-6-4-3-5-7-11/h3-7,10,14H,8-9H2,1-2H3,(H2,15,16,17)(H2,18,19,20). The van der Waals surface area contributed by atoms with Crippen LogP contribution in [-0.2, 0) is 9.13 Å². The van der Waals surface area contributed by atoms with Gasteiger partial charge in [-0.15, -0.1) is 11.8 Å². The third-order valence-corrected chi connectivity index (χ3v) is 8.55. The normalized spacial score (nSPS) is 15.0. The zero-order valence-electron chi connectivity index (χ0n) is 12.7. The minimum Gasteiger partial charge on any atom is -0.366 e. The third-order valence-electron chi connectivity index (χ3n) is 3.54. The maximum Gasteiger partial charge on any atom is 0.371 e. The van der Waals surface area contributed by atoms with Crippen molar-refractivity contribution in [3.63, 3.8) is 0 Å². The minimum atomic E-state index is -5.47. The molecule has 1 unspecified atom stereocenters. The molecule has 11 heteroatoms. The lowest BCUT2D eigenvalue weighted by Gasteiger charge is -2.38. The Morgan fingerprint density at radius 1 is 1.13 bits per heavy atom. The Morgan fingerprint density at radius 2 is 1.61 bits per heavy atom. The summed E-state index contributed by atoms with van der Waals surface area (Å²) in [6, 6.07) is 7.97. The highest BCUT2D eigenvalue weighted by atomic mass is 32.2. The van der Waals surface area contributed by atoms with Crippen LogP contribution in [0.5, 0.6) is 0 Å². The van der Waals surface area contributed by atoms with Crippen LogP contribution >= 0.6 is 27.0 Å². The lowest BCUT2D eigenvalue weighted by molar-refractivity contribution is 0.0555. The fourth-order valence-corrected chi connectivity index (χ4v) is 5.66. The van der Waals surface area contributed by atoms with Crippen LogP contribution in [-0.4, -0.2) is 60.1 Å². The van der Waals surface area contributed by atoms with E-state index in [-0.39, 0.29) is 6.54 Å². The summed E-state index contributed by atoms with van der Waals surface area (Å²) < 4.78 is 22.9. The number of likely N-dealkylation sites (N-methyl/N-ethyl adjacent to an activating group) is 1. The van der Waals surface area contributed by atoms with Crippen molar-refractivity contribution < 1.29 is 33.8 Å². The van der Waals surface area contributed by atoms with Gasteiger partial charge in [-0.2, -0.15) is 0 Å². The average molecular weight is 385 g/mol. The molecule has 0 spiro atoms. The molecule has 8 nitrogen and oxygen atoms in total. The quantitative estimate of drug-likeness (QED) is 0.329. The van der Waals surface area contributed by atoms with E-state index < -0.39 is 26.3 Å². The van der Waals surface area contributed by atoms with Crippen LogP contribution < -0.4 is 0 Å². The van der Waals surface area contributed by atoms with E-state index in [2.05, 4.69) is 0 Å². The van der Waals surface area contributed by atoms with E-state index in [0.29, 0.717) is 5.75 Å². The van der Waals surface area contributed by atoms with E-state index in [0.717, 1.165) is 4.90 Å². The Morgan fingerprint density at radius 3 is 2.04 bits per heavy atom. The molecule has 5 N–H and O–H groups in total. The summed E-state index contributed by atoms with van der Waals surface area (Å²) in [5, 5.41) is 6.63. The second-order valence-corrected chi connectivity index (χ2v) is 10.2. The van der Waals surface area contributed by atoms with Crippen molar-refractivity contribution in [1.82, 2.24) is 4.90 Å². The molecule has 0 amide bonds. The van der Waals surface area contributed by atoms with Crippen LogP contribution in [0.15, 0.2) is 35.2 Å². The maximum atomic E-state index is 11.5. The SMILES string of the molecule is CC(N(C)CCSc1ccccc1)C(O)(P(=O)(O)O)P(=O)(O)O. The monoisotopic (exact) mass is 385 g/mol. The van der Waals surface area contributed by atoms with Gasteiger partial charge in [-0.1, -0.05) is 18.2 Å². The summed E-state index contributed by atoms with van der Waals surface area (Å²) in [7, 11) is -9.49. The highest BCUT2D eigenvalue weighted by Gasteiger charge is 2.63. The Labute approximate surface area is 138 Å². The van der Waals surface area contributed by atoms with Gasteiger partial charge in [0.25, 0.3) is 5.08 Å². The molecule has 1 aromatic rings. The lowest BCUT2D eigenvalue weighted by Crippen LogP contribution is -2.49. The fraction of sp³-hybridized carbons (Fsp3) is 0.500. The van der Waals surface area contributed by atoms with Crippen LogP contribution in [0, 0.1) is 0 Å². The summed E-state index contributed by atoms with van der Waals surface area (Å²) in [5.74, 6) is 0.517. The van der Waals surface area contributed by atoms with Gasteiger partial charge in [0.1, 0.15) is 0 Å². The Hall–Kier alpha value is -0.210. The van der Waals surface area contributed by atoms with Crippen molar-refractivity contribution in [2.45, 2.75) is 22.9 Å². The second-order valence-electron chi connectivity index (χ2n) is 5.09. The van der Waals surface area contributed by atoms with E-state index in [1.54, 1.807) is 0 Å². The van der Waals surface area contributed by atoms with Crippen LogP contribution in [0.2, 0.25) is 0 Å². The highest BCUT2D eigenvalue weighted by molar-refractivity contribution is 7.99. The topological polar surface area (TPSA) is 139 Å². The Bertz CT molecular complexity index is 581. The zero-order valence-corrected chi connectivity index (χ0v) is 15.3. The maximum absolute atomic E-state index is 11.5. The average Bonchev–Trinajstić information content (AvgIpc) is 2.44. The van der Waals surface area contributed by atoms with Gasteiger partial charge in [0.2, 0.25) is 0 Å². The number of hydrogen-bond donors (Lipinski definition) is 5. The predicted molar refractivity (Wildman–Crippen MR) is 88.3 cm³/mol. The van der Waals surface area contributed by atoms with E-state index in [1.165, 1.54) is 30.6 Å².